The Balaban J connectivity index is 2.54. The predicted molar refractivity (Wildman–Crippen MR) is 51.8 cm³/mol. The molecule has 2 aromatic rings. The molecule has 1 heterocycles. The maximum absolute atomic E-state index is 10.6. The lowest BCUT2D eigenvalue weighted by Crippen LogP contribution is -2.02. The van der Waals surface area contributed by atoms with Crippen molar-refractivity contribution < 1.29 is 14.6 Å². The highest BCUT2D eigenvalue weighted by Crippen LogP contribution is 2.23. The summed E-state index contributed by atoms with van der Waals surface area (Å²) >= 11 is 0. The summed E-state index contributed by atoms with van der Waals surface area (Å²) in [5.74, 6) is -0.394. The second-order valence-corrected chi connectivity index (χ2v) is 3.05. The minimum absolute atomic E-state index is 0.0913. The Bertz CT molecular complexity index is 506. The van der Waals surface area contributed by atoms with Crippen molar-refractivity contribution in [2.24, 2.45) is 0 Å². The highest BCUT2D eigenvalue weighted by atomic mass is 16.5. The van der Waals surface area contributed by atoms with E-state index in [1.54, 1.807) is 12.1 Å². The number of aromatic amines is 1. The zero-order valence-electron chi connectivity index (χ0n) is 8.02. The smallest absolute Gasteiger partial charge is 0.307 e. The Morgan fingerprint density at radius 3 is 2.73 bits per heavy atom. The van der Waals surface area contributed by atoms with Gasteiger partial charge in [0.05, 0.1) is 13.5 Å². The number of methoxy groups -OCH3 is 1. The number of hydrogen-bond acceptors (Lipinski definition) is 4. The van der Waals surface area contributed by atoms with E-state index in [2.05, 4.69) is 15.4 Å². The molecule has 0 aliphatic carbocycles. The van der Waals surface area contributed by atoms with E-state index in [4.69, 9.17) is 9.84 Å². The highest BCUT2D eigenvalue weighted by molar-refractivity contribution is 5.80. The van der Waals surface area contributed by atoms with Crippen LogP contribution < -0.4 is 4.74 Å². The van der Waals surface area contributed by atoms with Crippen LogP contribution in [0.1, 0.15) is 5.56 Å². The molecule has 0 radical (unpaired) electrons. The number of carbonyl (C=O) groups is 1. The van der Waals surface area contributed by atoms with Crippen LogP contribution in [0.4, 0.5) is 0 Å². The standard InChI is InChI=1S/C9H9N3O3/c1-15-8-4-7-6(10-12-11-7)2-5(8)3-9(13)14/h2,4H,3H2,1H3,(H,13,14)(H,10,11,12). The number of ether oxygens (including phenoxy) is 1. The van der Waals surface area contributed by atoms with E-state index < -0.39 is 5.97 Å². The van der Waals surface area contributed by atoms with Crippen LogP contribution in [0.15, 0.2) is 12.1 Å². The fourth-order valence-corrected chi connectivity index (χ4v) is 1.40. The third-order valence-electron chi connectivity index (χ3n) is 2.06. The van der Waals surface area contributed by atoms with Gasteiger partial charge in [-0.25, -0.2) is 0 Å². The number of carboxylic acid groups (broad SMARTS) is 1. The van der Waals surface area contributed by atoms with E-state index in [0.29, 0.717) is 22.3 Å². The number of benzene rings is 1. The van der Waals surface area contributed by atoms with Crippen LogP contribution in [0.5, 0.6) is 5.75 Å². The molecule has 0 atom stereocenters. The Labute approximate surface area is 84.9 Å². The monoisotopic (exact) mass is 207 g/mol. The number of hydrogen-bond donors (Lipinski definition) is 2. The molecule has 1 aromatic heterocycles. The molecule has 0 saturated heterocycles. The van der Waals surface area contributed by atoms with Gasteiger partial charge in [-0.15, -0.1) is 0 Å². The average molecular weight is 207 g/mol. The van der Waals surface area contributed by atoms with Gasteiger partial charge in [-0.3, -0.25) is 4.79 Å². The molecule has 6 heteroatoms. The molecule has 0 spiro atoms. The minimum atomic E-state index is -0.906. The summed E-state index contributed by atoms with van der Waals surface area (Å²) in [4.78, 5) is 10.6. The maximum Gasteiger partial charge on any atom is 0.307 e. The average Bonchev–Trinajstić information content (AvgIpc) is 2.62. The van der Waals surface area contributed by atoms with Gasteiger partial charge in [0.1, 0.15) is 16.8 Å². The Morgan fingerprint density at radius 1 is 1.47 bits per heavy atom. The third kappa shape index (κ3) is 1.74. The van der Waals surface area contributed by atoms with Crippen LogP contribution in [0, 0.1) is 0 Å². The molecule has 2 N–H and O–H groups in total. The third-order valence-corrected chi connectivity index (χ3v) is 2.06. The molecular formula is C9H9N3O3. The largest absolute Gasteiger partial charge is 0.496 e. The van der Waals surface area contributed by atoms with Gasteiger partial charge in [0.2, 0.25) is 0 Å². The number of aliphatic carboxylic acids is 1. The number of nitrogens with zero attached hydrogens (tertiary/aromatic N) is 2. The lowest BCUT2D eigenvalue weighted by molar-refractivity contribution is -0.136. The number of rotatable bonds is 3. The van der Waals surface area contributed by atoms with Crippen molar-refractivity contribution in [2.45, 2.75) is 6.42 Å². The van der Waals surface area contributed by atoms with E-state index >= 15 is 0 Å². The molecule has 0 saturated carbocycles. The van der Waals surface area contributed by atoms with Crippen molar-refractivity contribution in [2.75, 3.05) is 7.11 Å². The van der Waals surface area contributed by atoms with Crippen molar-refractivity contribution in [3.63, 3.8) is 0 Å². The second-order valence-electron chi connectivity index (χ2n) is 3.05. The molecule has 2 rings (SSSR count). The van der Waals surface area contributed by atoms with Gasteiger partial charge in [0.15, 0.2) is 0 Å². The van der Waals surface area contributed by atoms with Gasteiger partial charge >= 0.3 is 5.97 Å². The summed E-state index contributed by atoms with van der Waals surface area (Å²) < 4.78 is 5.08. The lowest BCUT2D eigenvalue weighted by Gasteiger charge is -2.05. The van der Waals surface area contributed by atoms with Gasteiger partial charge in [-0.1, -0.05) is 0 Å². The minimum Gasteiger partial charge on any atom is -0.496 e. The summed E-state index contributed by atoms with van der Waals surface area (Å²) in [6, 6.07) is 3.32. The summed E-state index contributed by atoms with van der Waals surface area (Å²) in [7, 11) is 1.49. The number of nitrogens with one attached hydrogen (secondary N) is 1. The van der Waals surface area contributed by atoms with Gasteiger partial charge in [-0.05, 0) is 6.07 Å². The molecule has 0 bridgehead atoms. The molecular weight excluding hydrogens is 198 g/mol. The lowest BCUT2D eigenvalue weighted by atomic mass is 10.1. The number of aromatic nitrogens is 3. The fraction of sp³-hybridized carbons (Fsp3) is 0.222. The van der Waals surface area contributed by atoms with E-state index in [1.165, 1.54) is 7.11 Å². The molecule has 0 amide bonds. The zero-order chi connectivity index (χ0) is 10.8. The number of carboxylic acids is 1. The molecule has 78 valence electrons. The number of fused-ring (bicyclic) bond motifs is 1. The highest BCUT2D eigenvalue weighted by Gasteiger charge is 2.10. The van der Waals surface area contributed by atoms with Gasteiger partial charge in [-0.2, -0.15) is 15.4 Å². The van der Waals surface area contributed by atoms with E-state index in [-0.39, 0.29) is 6.42 Å². The van der Waals surface area contributed by atoms with Crippen molar-refractivity contribution in [1.82, 2.24) is 15.4 Å². The normalized spacial score (nSPS) is 10.5. The quantitative estimate of drug-likeness (QED) is 0.769. The summed E-state index contributed by atoms with van der Waals surface area (Å²) in [5.41, 5.74) is 1.87. The first-order valence-electron chi connectivity index (χ1n) is 4.30. The first kappa shape index (κ1) is 9.45. The van der Waals surface area contributed by atoms with E-state index in [9.17, 15) is 4.79 Å². The molecule has 0 aliphatic rings. The van der Waals surface area contributed by atoms with Crippen LogP contribution in [0.25, 0.3) is 11.0 Å². The van der Waals surface area contributed by atoms with E-state index in [0.717, 1.165) is 0 Å². The van der Waals surface area contributed by atoms with Crippen LogP contribution >= 0.6 is 0 Å². The summed E-state index contributed by atoms with van der Waals surface area (Å²) in [6.07, 6.45) is -0.0913. The van der Waals surface area contributed by atoms with Crippen LogP contribution in [-0.4, -0.2) is 33.6 Å². The van der Waals surface area contributed by atoms with Crippen LogP contribution in [-0.2, 0) is 11.2 Å². The summed E-state index contributed by atoms with van der Waals surface area (Å²) in [6.45, 7) is 0. The molecule has 0 aliphatic heterocycles. The SMILES string of the molecule is COc1cc2n[nH]nc2cc1CC(=O)O. The second kappa shape index (κ2) is 3.56. The Morgan fingerprint density at radius 2 is 2.13 bits per heavy atom. The van der Waals surface area contributed by atoms with Gasteiger partial charge in [0.25, 0.3) is 0 Å². The molecule has 0 fully saturated rings. The fourth-order valence-electron chi connectivity index (χ4n) is 1.40. The first-order chi connectivity index (χ1) is 7.20. The molecule has 6 nitrogen and oxygen atoms in total. The molecule has 15 heavy (non-hydrogen) atoms. The topological polar surface area (TPSA) is 88.1 Å². The van der Waals surface area contributed by atoms with Crippen molar-refractivity contribution in [3.05, 3.63) is 17.7 Å². The molecule has 1 aromatic carbocycles. The predicted octanol–water partition coefficient (Wildman–Crippen LogP) is 0.594. The van der Waals surface area contributed by atoms with Crippen LogP contribution in [0.3, 0.4) is 0 Å². The zero-order valence-corrected chi connectivity index (χ0v) is 8.02. The van der Waals surface area contributed by atoms with Crippen LogP contribution in [0.2, 0.25) is 0 Å². The summed E-state index contributed by atoms with van der Waals surface area (Å²) in [5, 5.41) is 18.9. The van der Waals surface area contributed by atoms with E-state index in [1.807, 2.05) is 0 Å². The molecule has 0 unspecified atom stereocenters. The van der Waals surface area contributed by atoms with Gasteiger partial charge < -0.3 is 9.84 Å². The van der Waals surface area contributed by atoms with Crippen molar-refractivity contribution in [1.29, 1.82) is 0 Å². The Kier molecular flexibility index (Phi) is 2.24. The maximum atomic E-state index is 10.6. The van der Waals surface area contributed by atoms with Crippen molar-refractivity contribution in [3.8, 4) is 5.75 Å². The Hall–Kier alpha value is -2.11. The van der Waals surface area contributed by atoms with Gasteiger partial charge in [0, 0.05) is 11.6 Å². The number of H-pyrrole nitrogens is 1. The first-order valence-corrected chi connectivity index (χ1v) is 4.30. The van der Waals surface area contributed by atoms with Crippen molar-refractivity contribution >= 4 is 17.0 Å².